The van der Waals surface area contributed by atoms with E-state index in [4.69, 9.17) is 10.5 Å². The average Bonchev–Trinajstić information content (AvgIpc) is 2.39. The summed E-state index contributed by atoms with van der Waals surface area (Å²) in [5.74, 6) is 0.889. The van der Waals surface area contributed by atoms with Gasteiger partial charge in [0.15, 0.2) is 0 Å². The Morgan fingerprint density at radius 1 is 1.56 bits per heavy atom. The van der Waals surface area contributed by atoms with Crippen molar-refractivity contribution in [1.29, 1.82) is 0 Å². The summed E-state index contributed by atoms with van der Waals surface area (Å²) < 4.78 is 5.56. The molecule has 0 saturated heterocycles. The number of para-hydroxylation sites is 1. The highest BCUT2D eigenvalue weighted by Crippen LogP contribution is 2.31. The normalized spacial score (nSPS) is 19.6. The van der Waals surface area contributed by atoms with E-state index in [1.807, 2.05) is 31.2 Å². The molecule has 2 rings (SSSR count). The lowest BCUT2D eigenvalue weighted by Gasteiger charge is -2.27. The van der Waals surface area contributed by atoms with Gasteiger partial charge in [0, 0.05) is 24.4 Å². The minimum Gasteiger partial charge on any atom is -0.493 e. The van der Waals surface area contributed by atoms with Crippen LogP contribution >= 0.6 is 0 Å². The molecule has 0 fully saturated rings. The highest BCUT2D eigenvalue weighted by atomic mass is 16.5. The second kappa shape index (κ2) is 5.87. The van der Waals surface area contributed by atoms with Crippen LogP contribution in [0.15, 0.2) is 24.3 Å². The van der Waals surface area contributed by atoms with Gasteiger partial charge in [-0.25, -0.2) is 0 Å². The maximum Gasteiger partial charge on any atom is 0.222 e. The molecule has 0 aliphatic carbocycles. The topological polar surface area (TPSA) is 64.4 Å². The summed E-state index contributed by atoms with van der Waals surface area (Å²) in [7, 11) is 0. The summed E-state index contributed by atoms with van der Waals surface area (Å²) in [5, 5.41) is 3.04. The first kappa shape index (κ1) is 12.9. The third-order valence-corrected chi connectivity index (χ3v) is 3.27. The fourth-order valence-electron chi connectivity index (χ4n) is 2.13. The average molecular weight is 248 g/mol. The van der Waals surface area contributed by atoms with Crippen molar-refractivity contribution in [3.05, 3.63) is 29.8 Å². The van der Waals surface area contributed by atoms with E-state index in [-0.39, 0.29) is 18.0 Å². The molecule has 0 bridgehead atoms. The molecule has 1 aromatic carbocycles. The van der Waals surface area contributed by atoms with Gasteiger partial charge in [-0.3, -0.25) is 4.79 Å². The van der Waals surface area contributed by atoms with Crippen molar-refractivity contribution >= 4 is 5.91 Å². The van der Waals surface area contributed by atoms with Gasteiger partial charge in [0.1, 0.15) is 5.75 Å². The molecule has 1 aliphatic rings. The number of nitrogens with one attached hydrogen (secondary N) is 1. The standard InChI is InChI=1S/C14H20N2O2/c1-2-10(15)9-14(17)16-12-7-8-18-13-6-4-3-5-11(12)13/h3-6,10,12H,2,7-9,15H2,1H3,(H,16,17). The van der Waals surface area contributed by atoms with Crippen molar-refractivity contribution in [2.45, 2.75) is 38.3 Å². The fraction of sp³-hybridized carbons (Fsp3) is 0.500. The number of fused-ring (bicyclic) bond motifs is 1. The lowest BCUT2D eigenvalue weighted by Crippen LogP contribution is -2.35. The van der Waals surface area contributed by atoms with Crippen LogP contribution < -0.4 is 15.8 Å². The molecule has 4 heteroatoms. The number of benzene rings is 1. The Labute approximate surface area is 108 Å². The van der Waals surface area contributed by atoms with Gasteiger partial charge in [0.2, 0.25) is 5.91 Å². The molecule has 4 nitrogen and oxygen atoms in total. The van der Waals surface area contributed by atoms with Crippen LogP contribution in [-0.2, 0) is 4.79 Å². The van der Waals surface area contributed by atoms with Crippen molar-refractivity contribution in [2.75, 3.05) is 6.61 Å². The van der Waals surface area contributed by atoms with E-state index in [9.17, 15) is 4.79 Å². The smallest absolute Gasteiger partial charge is 0.222 e. The Morgan fingerprint density at radius 2 is 2.33 bits per heavy atom. The predicted octanol–water partition coefficient (Wildman–Crippen LogP) is 1.75. The Morgan fingerprint density at radius 3 is 3.11 bits per heavy atom. The first-order valence-corrected chi connectivity index (χ1v) is 6.47. The molecule has 0 radical (unpaired) electrons. The molecule has 3 N–H and O–H groups in total. The maximum atomic E-state index is 11.9. The van der Waals surface area contributed by atoms with Crippen LogP contribution in [0.1, 0.15) is 37.8 Å². The first-order chi connectivity index (χ1) is 8.70. The minimum absolute atomic E-state index is 0.0195. The number of ether oxygens (including phenoxy) is 1. The van der Waals surface area contributed by atoms with Crippen molar-refractivity contribution < 1.29 is 9.53 Å². The molecule has 2 unspecified atom stereocenters. The molecular weight excluding hydrogens is 228 g/mol. The summed E-state index contributed by atoms with van der Waals surface area (Å²) in [4.78, 5) is 11.9. The molecule has 1 aromatic rings. The lowest BCUT2D eigenvalue weighted by molar-refractivity contribution is -0.122. The first-order valence-electron chi connectivity index (χ1n) is 6.47. The zero-order valence-corrected chi connectivity index (χ0v) is 10.7. The van der Waals surface area contributed by atoms with Crippen molar-refractivity contribution in [3.8, 4) is 5.75 Å². The minimum atomic E-state index is -0.0555. The van der Waals surface area contributed by atoms with Crippen molar-refractivity contribution in [3.63, 3.8) is 0 Å². The van der Waals surface area contributed by atoms with E-state index in [1.54, 1.807) is 0 Å². The Bertz CT molecular complexity index is 420. The quantitative estimate of drug-likeness (QED) is 0.853. The fourth-order valence-corrected chi connectivity index (χ4v) is 2.13. The molecule has 0 saturated carbocycles. The number of hydrogen-bond acceptors (Lipinski definition) is 3. The molecule has 2 atom stereocenters. The van der Waals surface area contributed by atoms with Gasteiger partial charge in [-0.05, 0) is 12.5 Å². The van der Waals surface area contributed by atoms with Crippen LogP contribution in [0.25, 0.3) is 0 Å². The van der Waals surface area contributed by atoms with Gasteiger partial charge in [0.25, 0.3) is 0 Å². The third kappa shape index (κ3) is 3.01. The van der Waals surface area contributed by atoms with Crippen LogP contribution in [0.4, 0.5) is 0 Å². The van der Waals surface area contributed by atoms with E-state index in [2.05, 4.69) is 5.32 Å². The van der Waals surface area contributed by atoms with Crippen LogP contribution in [0.2, 0.25) is 0 Å². The second-order valence-electron chi connectivity index (χ2n) is 4.67. The van der Waals surface area contributed by atoms with E-state index in [0.717, 1.165) is 24.2 Å². The summed E-state index contributed by atoms with van der Waals surface area (Å²) >= 11 is 0. The van der Waals surface area contributed by atoms with Crippen LogP contribution in [0.3, 0.4) is 0 Å². The Balaban J connectivity index is 2.01. The zero-order chi connectivity index (χ0) is 13.0. The van der Waals surface area contributed by atoms with Gasteiger partial charge in [-0.15, -0.1) is 0 Å². The molecule has 0 aromatic heterocycles. The largest absolute Gasteiger partial charge is 0.493 e. The van der Waals surface area contributed by atoms with Gasteiger partial charge in [-0.1, -0.05) is 25.1 Å². The number of nitrogens with two attached hydrogens (primary N) is 1. The highest BCUT2D eigenvalue weighted by Gasteiger charge is 2.22. The molecule has 1 aliphatic heterocycles. The maximum absolute atomic E-state index is 11.9. The zero-order valence-electron chi connectivity index (χ0n) is 10.7. The van der Waals surface area contributed by atoms with E-state index < -0.39 is 0 Å². The molecular formula is C14H20N2O2. The molecule has 1 heterocycles. The number of amides is 1. The van der Waals surface area contributed by atoms with E-state index >= 15 is 0 Å². The predicted molar refractivity (Wildman–Crippen MR) is 70.3 cm³/mol. The van der Waals surface area contributed by atoms with Crippen molar-refractivity contribution in [2.24, 2.45) is 5.73 Å². The Hall–Kier alpha value is -1.55. The number of rotatable bonds is 4. The Kier molecular flexibility index (Phi) is 4.20. The lowest BCUT2D eigenvalue weighted by atomic mass is 10.00. The third-order valence-electron chi connectivity index (χ3n) is 3.27. The monoisotopic (exact) mass is 248 g/mol. The van der Waals surface area contributed by atoms with Crippen LogP contribution in [0.5, 0.6) is 5.75 Å². The molecule has 0 spiro atoms. The van der Waals surface area contributed by atoms with Crippen molar-refractivity contribution in [1.82, 2.24) is 5.32 Å². The summed E-state index contributed by atoms with van der Waals surface area (Å²) in [6.07, 6.45) is 2.01. The number of carbonyl (C=O) groups excluding carboxylic acids is 1. The van der Waals surface area contributed by atoms with Gasteiger partial charge in [-0.2, -0.15) is 0 Å². The number of carbonyl (C=O) groups is 1. The summed E-state index contributed by atoms with van der Waals surface area (Å²) in [6.45, 7) is 2.63. The molecule has 18 heavy (non-hydrogen) atoms. The SMILES string of the molecule is CCC(N)CC(=O)NC1CCOc2ccccc21. The second-order valence-corrected chi connectivity index (χ2v) is 4.67. The molecule has 98 valence electrons. The number of hydrogen-bond donors (Lipinski definition) is 2. The van der Waals surface area contributed by atoms with Crippen LogP contribution in [0, 0.1) is 0 Å². The highest BCUT2D eigenvalue weighted by molar-refractivity contribution is 5.77. The summed E-state index contributed by atoms with van der Waals surface area (Å²) in [5.41, 5.74) is 6.85. The van der Waals surface area contributed by atoms with Gasteiger partial charge >= 0.3 is 0 Å². The van der Waals surface area contributed by atoms with E-state index in [1.165, 1.54) is 0 Å². The van der Waals surface area contributed by atoms with E-state index in [0.29, 0.717) is 13.0 Å². The van der Waals surface area contributed by atoms with Gasteiger partial charge < -0.3 is 15.8 Å². The van der Waals surface area contributed by atoms with Gasteiger partial charge in [0.05, 0.1) is 12.6 Å². The summed E-state index contributed by atoms with van der Waals surface area (Å²) in [6, 6.07) is 7.83. The molecule has 1 amide bonds. The van der Waals surface area contributed by atoms with Crippen LogP contribution in [-0.4, -0.2) is 18.6 Å².